The molecule has 0 saturated heterocycles. The van der Waals surface area contributed by atoms with Gasteiger partial charge in [-0.3, -0.25) is 5.04 Å². The molecule has 0 aliphatic heterocycles. The molecule has 0 bridgehead atoms. The van der Waals surface area contributed by atoms with Crippen molar-refractivity contribution in [3.8, 4) is 0 Å². The summed E-state index contributed by atoms with van der Waals surface area (Å²) >= 11 is 12.8. The Balaban J connectivity index is 0.00000325. The smallest absolute Gasteiger partial charge is 0.744 e. The van der Waals surface area contributed by atoms with Gasteiger partial charge in [-0.1, -0.05) is 60.7 Å². The average Bonchev–Trinajstić information content (AvgIpc) is 3.10. The molecule has 0 aliphatic rings. The van der Waals surface area contributed by atoms with Crippen LogP contribution in [0.3, 0.4) is 0 Å². The summed E-state index contributed by atoms with van der Waals surface area (Å²) in [6.07, 6.45) is 2.93. The van der Waals surface area contributed by atoms with Crippen LogP contribution in [0.4, 0.5) is 46.5 Å². The number of para-hydroxylation sites is 2. The summed E-state index contributed by atoms with van der Waals surface area (Å²) in [5.74, 6) is 0.433. The van der Waals surface area contributed by atoms with Crippen molar-refractivity contribution in [2.24, 2.45) is 0 Å². The maximum absolute atomic E-state index is 12.4. The fourth-order valence-electron chi connectivity index (χ4n) is 4.50. The van der Waals surface area contributed by atoms with Gasteiger partial charge in [0.1, 0.15) is 10.1 Å². The summed E-state index contributed by atoms with van der Waals surface area (Å²) in [4.78, 5) is 24.7. The van der Waals surface area contributed by atoms with E-state index in [9.17, 15) is 18.2 Å². The van der Waals surface area contributed by atoms with Crippen molar-refractivity contribution in [1.82, 2.24) is 29.9 Å². The van der Waals surface area contributed by atoms with Gasteiger partial charge in [0.2, 0.25) is 34.4 Å². The summed E-state index contributed by atoms with van der Waals surface area (Å²) < 4.78 is 41.6. The number of aromatic nitrogens is 6. The normalized spacial score (nSPS) is 11.0. The zero-order chi connectivity index (χ0) is 36.5. The van der Waals surface area contributed by atoms with Gasteiger partial charge in [0.05, 0.1) is 16.9 Å². The molecule has 54 heavy (non-hydrogen) atoms. The molecule has 2 heterocycles. The van der Waals surface area contributed by atoms with Crippen molar-refractivity contribution in [3.63, 3.8) is 0 Å². The molecule has 264 valence electrons. The summed E-state index contributed by atoms with van der Waals surface area (Å²) in [5, 5.41) is 25.9. The minimum Gasteiger partial charge on any atom is -0.744 e. The molecule has 22 heteroatoms. The number of anilines is 8. The number of hydrogen-bond acceptors (Lipinski definition) is 17. The van der Waals surface area contributed by atoms with Gasteiger partial charge < -0.3 is 31.1 Å². The first-order chi connectivity index (χ1) is 25.1. The minimum atomic E-state index is -4.97. The molecular formula is C32H22Cl2N10Na2O6S2. The van der Waals surface area contributed by atoms with E-state index in [1.807, 2.05) is 48.5 Å². The fourth-order valence-corrected chi connectivity index (χ4v) is 6.03. The second-order valence-corrected chi connectivity index (χ2v) is 13.0. The van der Waals surface area contributed by atoms with Crippen molar-refractivity contribution in [3.05, 3.63) is 119 Å². The molecule has 0 unspecified atom stereocenters. The van der Waals surface area contributed by atoms with Gasteiger partial charge in [-0.15, -0.1) is 0 Å². The molecule has 6 aromatic rings. The molecule has 0 atom stereocenters. The van der Waals surface area contributed by atoms with Crippen LogP contribution in [0.25, 0.3) is 12.2 Å². The second-order valence-electron chi connectivity index (χ2n) is 10.2. The Morgan fingerprint density at radius 2 is 1.02 bits per heavy atom. The van der Waals surface area contributed by atoms with Crippen molar-refractivity contribution >= 4 is 104 Å². The van der Waals surface area contributed by atoms with Crippen LogP contribution in [0.15, 0.2) is 107 Å². The van der Waals surface area contributed by atoms with Crippen molar-refractivity contribution in [1.29, 1.82) is 0 Å². The standard InChI is InChI=1S/C32H24Cl2N10O6S2.2Na/c33-27-39-29(35-21-7-3-1-4-8-21)43-31(41-27)37-23-15-13-19(25(17-23)51-50-49-45)11-12-20-14-16-24(18-26(20)52(46,47)48)38-32-42-28(34)40-30(44-32)36-22-9-5-2-6-10-22;;/h1-18,45H,(H,46,47,48)(H2,35,37,39,41,43)(H2,36,38,40,42,44);;/q;2*+1/p-2. The number of nitrogens with zero attached hydrogens (tertiary/aromatic N) is 6. The third-order valence-electron chi connectivity index (χ3n) is 6.68. The SMILES string of the molecule is O=S(=O)([O-])c1cc(Nc2nc(Cl)nc(Nc3ccccc3)n2)ccc1C=Cc1ccc(Nc2nc(Cl)nc(Nc3ccccc3)n2)cc1SOO[O-].[Na+].[Na+]. The van der Waals surface area contributed by atoms with Gasteiger partial charge in [0.15, 0.2) is 0 Å². The molecule has 4 aromatic carbocycles. The second kappa shape index (κ2) is 20.5. The third-order valence-corrected chi connectivity index (χ3v) is 8.57. The predicted molar refractivity (Wildman–Crippen MR) is 193 cm³/mol. The monoisotopic (exact) mass is 822 g/mol. The Bertz CT molecular complexity index is 2340. The molecule has 0 spiro atoms. The quantitative estimate of drug-likeness (QED) is 0.0296. The zero-order valence-corrected chi connectivity index (χ0v) is 35.2. The van der Waals surface area contributed by atoms with Crippen LogP contribution in [0.5, 0.6) is 0 Å². The van der Waals surface area contributed by atoms with E-state index in [0.29, 0.717) is 33.9 Å². The van der Waals surface area contributed by atoms with E-state index in [1.165, 1.54) is 24.3 Å². The van der Waals surface area contributed by atoms with E-state index in [2.05, 4.69) is 60.5 Å². The van der Waals surface area contributed by atoms with E-state index in [1.54, 1.807) is 30.3 Å². The average molecular weight is 824 g/mol. The summed E-state index contributed by atoms with van der Waals surface area (Å²) in [6.45, 7) is 0. The molecule has 16 nitrogen and oxygen atoms in total. The number of halogens is 2. The maximum Gasteiger partial charge on any atom is 1.00 e. The van der Waals surface area contributed by atoms with Gasteiger partial charge >= 0.3 is 59.1 Å². The van der Waals surface area contributed by atoms with Crippen molar-refractivity contribution in [2.45, 2.75) is 9.79 Å². The Morgan fingerprint density at radius 3 is 1.48 bits per heavy atom. The number of rotatable bonds is 14. The number of nitrogens with one attached hydrogen (secondary N) is 4. The first-order valence-corrected chi connectivity index (χ1v) is 17.6. The molecule has 0 aliphatic carbocycles. The van der Waals surface area contributed by atoms with E-state index >= 15 is 0 Å². The summed E-state index contributed by atoms with van der Waals surface area (Å²) in [6, 6.07) is 27.3. The largest absolute Gasteiger partial charge is 1.00 e. The third kappa shape index (κ3) is 12.5. The van der Waals surface area contributed by atoms with E-state index in [4.69, 9.17) is 23.2 Å². The van der Waals surface area contributed by atoms with Gasteiger partial charge in [0, 0.05) is 27.6 Å². The zero-order valence-electron chi connectivity index (χ0n) is 28.1. The molecule has 6 rings (SSSR count). The predicted octanol–water partition coefficient (Wildman–Crippen LogP) is 0.651. The van der Waals surface area contributed by atoms with Gasteiger partial charge in [-0.2, -0.15) is 34.2 Å². The topological polar surface area (TPSA) is 224 Å². The molecule has 4 N–H and O–H groups in total. The molecule has 0 amide bonds. The molecule has 0 fully saturated rings. The number of benzene rings is 4. The Hall–Kier alpha value is -3.44. The summed E-state index contributed by atoms with van der Waals surface area (Å²) in [7, 11) is -4.97. The van der Waals surface area contributed by atoms with Crippen LogP contribution in [-0.2, 0) is 19.5 Å². The molecule has 2 aromatic heterocycles. The molecule has 0 radical (unpaired) electrons. The van der Waals surface area contributed by atoms with E-state index in [0.717, 1.165) is 11.8 Å². The van der Waals surface area contributed by atoms with Crippen LogP contribution >= 0.6 is 35.2 Å². The Labute approximate surface area is 367 Å². The van der Waals surface area contributed by atoms with Crippen molar-refractivity contribution in [2.75, 3.05) is 21.3 Å². The first-order valence-electron chi connectivity index (χ1n) is 14.7. The fraction of sp³-hybridized carbons (Fsp3) is 0. The Morgan fingerprint density at radius 1 is 0.593 bits per heavy atom. The van der Waals surface area contributed by atoms with E-state index < -0.39 is 15.0 Å². The van der Waals surface area contributed by atoms with Crippen LogP contribution in [0.2, 0.25) is 10.6 Å². The van der Waals surface area contributed by atoms with Crippen LogP contribution in [0.1, 0.15) is 11.1 Å². The number of hydrogen-bond donors (Lipinski definition) is 4. The van der Waals surface area contributed by atoms with Gasteiger partial charge in [-0.05, 0) is 82.9 Å². The minimum absolute atomic E-state index is 0. The summed E-state index contributed by atoms with van der Waals surface area (Å²) in [5.41, 5.74) is 2.61. The maximum atomic E-state index is 12.4. The molecular weight excluding hydrogens is 801 g/mol. The molecule has 0 saturated carbocycles. The van der Waals surface area contributed by atoms with Crippen LogP contribution in [0, 0.1) is 0 Å². The van der Waals surface area contributed by atoms with Crippen LogP contribution in [-0.4, -0.2) is 42.9 Å². The van der Waals surface area contributed by atoms with E-state index in [-0.39, 0.29) is 105 Å². The first kappa shape index (κ1) is 43.3. The van der Waals surface area contributed by atoms with Crippen molar-refractivity contribution < 1.29 is 86.7 Å². The Kier molecular flexibility index (Phi) is 16.4. The van der Waals surface area contributed by atoms with Crippen LogP contribution < -0.4 is 85.6 Å². The van der Waals surface area contributed by atoms with Gasteiger partial charge in [0.25, 0.3) is 0 Å². The van der Waals surface area contributed by atoms with Gasteiger partial charge in [-0.25, -0.2) is 8.42 Å².